The fraction of sp³-hybridized carbons (Fsp3) is 0.100. The fourth-order valence-corrected chi connectivity index (χ4v) is 4.30. The summed E-state index contributed by atoms with van der Waals surface area (Å²) in [5.41, 5.74) is 1.52. The SMILES string of the molecule is O=C(Cc1csc(-c2ccco2)n1)N[C@H](c1ccc(F)cc1)c1cccs1. The third kappa shape index (κ3) is 4.15. The molecule has 0 aliphatic rings. The Kier molecular flexibility index (Phi) is 5.13. The van der Waals surface area contributed by atoms with Crippen LogP contribution in [0.25, 0.3) is 10.8 Å². The molecule has 4 rings (SSSR count). The van der Waals surface area contributed by atoms with Crippen LogP contribution in [0.4, 0.5) is 4.39 Å². The quantitative estimate of drug-likeness (QED) is 0.494. The topological polar surface area (TPSA) is 55.1 Å². The van der Waals surface area contributed by atoms with Crippen LogP contribution in [0.3, 0.4) is 0 Å². The van der Waals surface area contributed by atoms with E-state index in [1.165, 1.54) is 23.5 Å². The predicted molar refractivity (Wildman–Crippen MR) is 104 cm³/mol. The van der Waals surface area contributed by atoms with Crippen LogP contribution in [-0.4, -0.2) is 10.9 Å². The van der Waals surface area contributed by atoms with Gasteiger partial charge in [0.05, 0.1) is 24.4 Å². The minimum Gasteiger partial charge on any atom is -0.462 e. The molecule has 0 saturated heterocycles. The van der Waals surface area contributed by atoms with Crippen LogP contribution in [-0.2, 0) is 11.2 Å². The Hall–Kier alpha value is -2.77. The van der Waals surface area contributed by atoms with Crippen molar-refractivity contribution >= 4 is 28.6 Å². The molecular weight excluding hydrogens is 383 g/mol. The number of nitrogens with one attached hydrogen (secondary N) is 1. The molecule has 0 aliphatic carbocycles. The van der Waals surface area contributed by atoms with E-state index in [4.69, 9.17) is 4.42 Å². The van der Waals surface area contributed by atoms with Crippen LogP contribution in [0.5, 0.6) is 0 Å². The zero-order valence-corrected chi connectivity index (χ0v) is 15.7. The number of carbonyl (C=O) groups is 1. The van der Waals surface area contributed by atoms with Gasteiger partial charge in [0.15, 0.2) is 10.8 Å². The molecule has 4 nitrogen and oxygen atoms in total. The summed E-state index contributed by atoms with van der Waals surface area (Å²) >= 11 is 2.99. The molecule has 1 amide bonds. The van der Waals surface area contributed by atoms with E-state index >= 15 is 0 Å². The van der Waals surface area contributed by atoms with Crippen molar-refractivity contribution in [2.45, 2.75) is 12.5 Å². The number of thiophene rings is 1. The van der Waals surface area contributed by atoms with E-state index in [9.17, 15) is 9.18 Å². The van der Waals surface area contributed by atoms with E-state index < -0.39 is 0 Å². The molecule has 0 bridgehead atoms. The molecule has 0 saturated carbocycles. The van der Waals surface area contributed by atoms with Crippen molar-refractivity contribution in [3.8, 4) is 10.8 Å². The summed E-state index contributed by atoms with van der Waals surface area (Å²) in [5.74, 6) is 0.242. The number of halogens is 1. The zero-order valence-electron chi connectivity index (χ0n) is 14.1. The van der Waals surface area contributed by atoms with E-state index in [0.29, 0.717) is 11.5 Å². The normalized spacial score (nSPS) is 12.0. The van der Waals surface area contributed by atoms with Gasteiger partial charge in [-0.05, 0) is 41.3 Å². The molecule has 27 heavy (non-hydrogen) atoms. The zero-order chi connectivity index (χ0) is 18.6. The average molecular weight is 398 g/mol. The van der Waals surface area contributed by atoms with Crippen LogP contribution in [0.1, 0.15) is 22.2 Å². The largest absolute Gasteiger partial charge is 0.462 e. The molecule has 0 fully saturated rings. The fourth-order valence-electron chi connectivity index (χ4n) is 2.71. The number of carbonyl (C=O) groups excluding carboxylic acids is 1. The second-order valence-corrected chi connectivity index (χ2v) is 7.70. The Morgan fingerprint density at radius 2 is 2.00 bits per heavy atom. The molecule has 7 heteroatoms. The average Bonchev–Trinajstić information content (AvgIpc) is 3.42. The number of thiazole rings is 1. The van der Waals surface area contributed by atoms with Crippen LogP contribution in [0.2, 0.25) is 0 Å². The monoisotopic (exact) mass is 398 g/mol. The molecule has 0 radical (unpaired) electrons. The first-order valence-electron chi connectivity index (χ1n) is 8.25. The van der Waals surface area contributed by atoms with Crippen LogP contribution in [0.15, 0.2) is 70.0 Å². The van der Waals surface area contributed by atoms with Crippen molar-refractivity contribution in [1.29, 1.82) is 0 Å². The summed E-state index contributed by atoms with van der Waals surface area (Å²) in [5, 5.41) is 7.59. The van der Waals surface area contributed by atoms with Gasteiger partial charge in [0.1, 0.15) is 5.82 Å². The number of furan rings is 1. The molecule has 0 aliphatic heterocycles. The molecule has 1 aromatic carbocycles. The lowest BCUT2D eigenvalue weighted by Crippen LogP contribution is -2.30. The number of nitrogens with zero attached hydrogens (tertiary/aromatic N) is 1. The molecular formula is C20H15FN2O2S2. The summed E-state index contributed by atoms with van der Waals surface area (Å²) in [6.45, 7) is 0. The molecule has 3 heterocycles. The summed E-state index contributed by atoms with van der Waals surface area (Å²) in [6.07, 6.45) is 1.76. The predicted octanol–water partition coefficient (Wildman–Crippen LogP) is 5.05. The number of rotatable bonds is 6. The number of hydrogen-bond acceptors (Lipinski definition) is 5. The van der Waals surface area contributed by atoms with Crippen molar-refractivity contribution in [1.82, 2.24) is 10.3 Å². The minimum absolute atomic E-state index is 0.144. The number of benzene rings is 1. The van der Waals surface area contributed by atoms with Gasteiger partial charge >= 0.3 is 0 Å². The third-order valence-corrected chi connectivity index (χ3v) is 5.80. The second-order valence-electron chi connectivity index (χ2n) is 5.87. The molecule has 3 aromatic heterocycles. The maximum Gasteiger partial charge on any atom is 0.226 e. The molecule has 4 aromatic rings. The van der Waals surface area contributed by atoms with Gasteiger partial charge in [0.25, 0.3) is 0 Å². The van der Waals surface area contributed by atoms with E-state index in [1.54, 1.807) is 35.8 Å². The van der Waals surface area contributed by atoms with E-state index in [-0.39, 0.29) is 24.2 Å². The van der Waals surface area contributed by atoms with Crippen molar-refractivity contribution in [2.75, 3.05) is 0 Å². The van der Waals surface area contributed by atoms with Gasteiger partial charge in [-0.25, -0.2) is 9.37 Å². The Bertz CT molecular complexity index is 1010. The van der Waals surface area contributed by atoms with Crippen LogP contribution in [0, 0.1) is 5.82 Å². The molecule has 0 unspecified atom stereocenters. The standard InChI is InChI=1S/C20H15FN2O2S2/c21-14-7-5-13(6-8-14)19(17-4-2-10-26-17)23-18(24)11-15-12-27-20(22-15)16-3-1-9-25-16/h1-10,12,19H,11H2,(H,23,24)/t19-/m1/s1. The van der Waals surface area contributed by atoms with Gasteiger partial charge in [-0.1, -0.05) is 18.2 Å². The van der Waals surface area contributed by atoms with Gasteiger partial charge in [0.2, 0.25) is 5.91 Å². The van der Waals surface area contributed by atoms with Gasteiger partial charge in [-0.3, -0.25) is 4.79 Å². The minimum atomic E-state index is -0.318. The lowest BCUT2D eigenvalue weighted by atomic mass is 10.0. The third-order valence-electron chi connectivity index (χ3n) is 3.96. The number of aromatic nitrogens is 1. The molecule has 136 valence electrons. The number of hydrogen-bond donors (Lipinski definition) is 1. The van der Waals surface area contributed by atoms with Crippen molar-refractivity contribution in [3.05, 3.63) is 87.5 Å². The molecule has 1 N–H and O–H groups in total. The van der Waals surface area contributed by atoms with Crippen molar-refractivity contribution < 1.29 is 13.6 Å². The Balaban J connectivity index is 1.49. The highest BCUT2D eigenvalue weighted by Crippen LogP contribution is 2.27. The highest BCUT2D eigenvalue weighted by atomic mass is 32.1. The first kappa shape index (κ1) is 17.6. The van der Waals surface area contributed by atoms with Crippen LogP contribution < -0.4 is 5.32 Å². The summed E-state index contributed by atoms with van der Waals surface area (Å²) in [4.78, 5) is 18.1. The molecule has 0 spiro atoms. The van der Waals surface area contributed by atoms with Crippen molar-refractivity contribution in [2.24, 2.45) is 0 Å². The van der Waals surface area contributed by atoms with E-state index in [0.717, 1.165) is 15.4 Å². The highest BCUT2D eigenvalue weighted by Gasteiger charge is 2.19. The summed E-state index contributed by atoms with van der Waals surface area (Å²) in [6, 6.07) is 13.4. The first-order valence-corrected chi connectivity index (χ1v) is 10.0. The smallest absolute Gasteiger partial charge is 0.226 e. The lowest BCUT2D eigenvalue weighted by Gasteiger charge is -2.18. The van der Waals surface area contributed by atoms with E-state index in [1.807, 2.05) is 29.0 Å². The molecule has 1 atom stereocenters. The van der Waals surface area contributed by atoms with Crippen molar-refractivity contribution in [3.63, 3.8) is 0 Å². The number of amides is 1. The Morgan fingerprint density at radius 1 is 1.15 bits per heavy atom. The van der Waals surface area contributed by atoms with Gasteiger partial charge in [-0.15, -0.1) is 22.7 Å². The second kappa shape index (κ2) is 7.85. The van der Waals surface area contributed by atoms with Crippen LogP contribution >= 0.6 is 22.7 Å². The van der Waals surface area contributed by atoms with Gasteiger partial charge < -0.3 is 9.73 Å². The maximum absolute atomic E-state index is 13.3. The summed E-state index contributed by atoms with van der Waals surface area (Å²) in [7, 11) is 0. The summed E-state index contributed by atoms with van der Waals surface area (Å²) < 4.78 is 18.6. The Morgan fingerprint density at radius 3 is 2.70 bits per heavy atom. The maximum atomic E-state index is 13.3. The highest BCUT2D eigenvalue weighted by molar-refractivity contribution is 7.13. The van der Waals surface area contributed by atoms with Gasteiger partial charge in [0, 0.05) is 10.3 Å². The van der Waals surface area contributed by atoms with Gasteiger partial charge in [-0.2, -0.15) is 0 Å². The lowest BCUT2D eigenvalue weighted by molar-refractivity contribution is -0.120. The van der Waals surface area contributed by atoms with E-state index in [2.05, 4.69) is 10.3 Å². The Labute approximate surface area is 163 Å². The first-order chi connectivity index (χ1) is 13.2.